The smallest absolute Gasteiger partial charge is 0.333 e. The highest BCUT2D eigenvalue weighted by Gasteiger charge is 2.28. The molecule has 0 spiro atoms. The van der Waals surface area contributed by atoms with E-state index in [2.05, 4.69) is 19.7 Å². The Bertz CT molecular complexity index is 1440. The van der Waals surface area contributed by atoms with Crippen LogP contribution in [0.2, 0.25) is 0 Å². The zero-order valence-corrected chi connectivity index (χ0v) is 33.5. The zero-order valence-electron chi connectivity index (χ0n) is 32.7. The van der Waals surface area contributed by atoms with E-state index in [0.29, 0.717) is 36.0 Å². The van der Waals surface area contributed by atoms with E-state index in [0.717, 1.165) is 12.0 Å². The third kappa shape index (κ3) is 18.5. The minimum Gasteiger partial charge on any atom is -0.457 e. The summed E-state index contributed by atoms with van der Waals surface area (Å²) in [6, 6.07) is 6.45. The SMILES string of the molecule is C=C(CC)C(=O)OC(C)COCC(OCC(C)OC(=O)C(=C)CC)C(COCC(C)OS(=O)(=O)c1ccc(CC)cc1)OCC(C)OC(=O)C(=C)CC. The first-order valence-corrected chi connectivity index (χ1v) is 19.5. The van der Waals surface area contributed by atoms with E-state index < -0.39 is 64.6 Å². The van der Waals surface area contributed by atoms with Gasteiger partial charge in [-0.25, -0.2) is 14.4 Å². The van der Waals surface area contributed by atoms with Crippen molar-refractivity contribution >= 4 is 28.0 Å². The molecule has 0 fully saturated rings. The van der Waals surface area contributed by atoms with Gasteiger partial charge in [-0.2, -0.15) is 8.42 Å². The van der Waals surface area contributed by atoms with Gasteiger partial charge >= 0.3 is 17.9 Å². The van der Waals surface area contributed by atoms with Crippen LogP contribution in [0.15, 0.2) is 65.6 Å². The number of hydrogen-bond acceptors (Lipinski definition) is 13. The van der Waals surface area contributed by atoms with Gasteiger partial charge in [-0.1, -0.05) is 59.6 Å². The fraction of sp³-hybridized carbons (Fsp3) is 0.615. The summed E-state index contributed by atoms with van der Waals surface area (Å²) >= 11 is 0. The molecular formula is C39H60O13S. The molecule has 0 aliphatic heterocycles. The second kappa shape index (κ2) is 24.8. The lowest BCUT2D eigenvalue weighted by molar-refractivity contribution is -0.169. The number of esters is 3. The van der Waals surface area contributed by atoms with Crippen LogP contribution in [0.25, 0.3) is 0 Å². The first-order valence-electron chi connectivity index (χ1n) is 18.0. The van der Waals surface area contributed by atoms with Crippen molar-refractivity contribution in [1.82, 2.24) is 0 Å². The van der Waals surface area contributed by atoms with Crippen molar-refractivity contribution in [3.8, 4) is 0 Å². The van der Waals surface area contributed by atoms with Crippen LogP contribution in [0.5, 0.6) is 0 Å². The van der Waals surface area contributed by atoms with Crippen LogP contribution in [0, 0.1) is 0 Å². The van der Waals surface area contributed by atoms with Gasteiger partial charge in [-0.3, -0.25) is 4.18 Å². The Morgan fingerprint density at radius 1 is 0.566 bits per heavy atom. The zero-order chi connectivity index (χ0) is 40.1. The number of hydrogen-bond donors (Lipinski definition) is 0. The highest BCUT2D eigenvalue weighted by atomic mass is 32.2. The summed E-state index contributed by atoms with van der Waals surface area (Å²) in [5, 5.41) is 0. The lowest BCUT2D eigenvalue weighted by Crippen LogP contribution is -2.43. The summed E-state index contributed by atoms with van der Waals surface area (Å²) in [7, 11) is -4.07. The topological polar surface area (TPSA) is 159 Å². The molecule has 1 rings (SSSR count). The summed E-state index contributed by atoms with van der Waals surface area (Å²) in [4.78, 5) is 36.9. The Morgan fingerprint density at radius 2 is 0.925 bits per heavy atom. The number of rotatable bonds is 28. The molecule has 0 aliphatic carbocycles. The van der Waals surface area contributed by atoms with Crippen LogP contribution in [-0.2, 0) is 68.3 Å². The molecule has 14 heteroatoms. The average Bonchev–Trinajstić information content (AvgIpc) is 3.12. The molecule has 53 heavy (non-hydrogen) atoms. The molecule has 13 nitrogen and oxygen atoms in total. The highest BCUT2D eigenvalue weighted by Crippen LogP contribution is 2.17. The second-order valence-corrected chi connectivity index (χ2v) is 14.3. The molecular weight excluding hydrogens is 708 g/mol. The van der Waals surface area contributed by atoms with Gasteiger partial charge in [0.25, 0.3) is 10.1 Å². The van der Waals surface area contributed by atoms with Crippen LogP contribution < -0.4 is 0 Å². The first-order chi connectivity index (χ1) is 25.0. The monoisotopic (exact) mass is 768 g/mol. The summed E-state index contributed by atoms with van der Waals surface area (Å²) in [6.45, 7) is 24.5. The fourth-order valence-electron chi connectivity index (χ4n) is 4.27. The third-order valence-corrected chi connectivity index (χ3v) is 9.19. The number of ether oxygens (including phenoxy) is 7. The van der Waals surface area contributed by atoms with Crippen LogP contribution in [0.4, 0.5) is 0 Å². The molecule has 0 amide bonds. The van der Waals surface area contributed by atoms with Gasteiger partial charge in [0.05, 0.1) is 50.6 Å². The molecule has 0 aliphatic rings. The van der Waals surface area contributed by atoms with Crippen molar-refractivity contribution in [3.05, 3.63) is 66.3 Å². The van der Waals surface area contributed by atoms with Crippen molar-refractivity contribution in [2.24, 2.45) is 0 Å². The molecule has 0 heterocycles. The van der Waals surface area contributed by atoms with Crippen LogP contribution >= 0.6 is 0 Å². The molecule has 0 bridgehead atoms. The van der Waals surface area contributed by atoms with Crippen molar-refractivity contribution in [2.75, 3.05) is 39.6 Å². The van der Waals surface area contributed by atoms with E-state index in [1.54, 1.807) is 60.6 Å². The molecule has 0 saturated heterocycles. The molecule has 6 unspecified atom stereocenters. The highest BCUT2D eigenvalue weighted by molar-refractivity contribution is 7.86. The summed E-state index contributed by atoms with van der Waals surface area (Å²) in [5.41, 5.74) is 1.94. The van der Waals surface area contributed by atoms with Crippen molar-refractivity contribution < 1.29 is 60.1 Å². The lowest BCUT2D eigenvalue weighted by atomic mass is 10.2. The van der Waals surface area contributed by atoms with Crippen LogP contribution in [0.3, 0.4) is 0 Å². The van der Waals surface area contributed by atoms with Gasteiger partial charge in [-0.15, -0.1) is 0 Å². The predicted octanol–water partition coefficient (Wildman–Crippen LogP) is 5.84. The molecule has 300 valence electrons. The number of carbonyl (C=O) groups excluding carboxylic acids is 3. The van der Waals surface area contributed by atoms with E-state index in [4.69, 9.17) is 37.3 Å². The lowest BCUT2D eigenvalue weighted by Gasteiger charge is -2.30. The standard InChI is InChI=1S/C39H60O13S/c1-12-26(5)37(40)49-29(8)20-45-24-35(47-22-30(9)50-38(41)27(6)13-2)36(48-23-31(10)51-39(42)28(7)14-3)25-46-21-32(11)52-53(43,44)34-18-16-33(15-4)17-19-34/h16-19,29-32,35-36H,5-7,12-15,20-25H2,1-4,8-11H3. The van der Waals surface area contributed by atoms with Gasteiger partial charge in [0, 0.05) is 16.7 Å². The quantitative estimate of drug-likeness (QED) is 0.0434. The van der Waals surface area contributed by atoms with Gasteiger partial charge in [0.1, 0.15) is 30.5 Å². The average molecular weight is 769 g/mol. The maximum Gasteiger partial charge on any atom is 0.333 e. The minimum absolute atomic E-state index is 0.00610. The molecule has 6 atom stereocenters. The Kier molecular flexibility index (Phi) is 22.3. The van der Waals surface area contributed by atoms with Crippen LogP contribution in [-0.4, -0.2) is 103 Å². The van der Waals surface area contributed by atoms with Gasteiger partial charge in [-0.05, 0) is 71.1 Å². The van der Waals surface area contributed by atoms with Crippen molar-refractivity contribution in [3.63, 3.8) is 0 Å². The Hall–Kier alpha value is -3.40. The summed E-state index contributed by atoms with van der Waals surface area (Å²) in [5.74, 6) is -1.63. The predicted molar refractivity (Wildman–Crippen MR) is 200 cm³/mol. The maximum absolute atomic E-state index is 12.9. The maximum atomic E-state index is 12.9. The second-order valence-electron chi connectivity index (χ2n) is 12.7. The first kappa shape index (κ1) is 47.6. The molecule has 0 aromatic heterocycles. The van der Waals surface area contributed by atoms with Crippen molar-refractivity contribution in [2.45, 2.75) is 123 Å². The Balaban J connectivity index is 3.16. The van der Waals surface area contributed by atoms with Gasteiger partial charge in [0.2, 0.25) is 0 Å². The fourth-order valence-corrected chi connectivity index (χ4v) is 5.34. The summed E-state index contributed by atoms with van der Waals surface area (Å²) < 4.78 is 71.7. The molecule has 0 saturated carbocycles. The number of carbonyl (C=O) groups is 3. The van der Waals surface area contributed by atoms with E-state index >= 15 is 0 Å². The Labute approximate surface area is 316 Å². The molecule has 1 aromatic carbocycles. The van der Waals surface area contributed by atoms with E-state index in [1.165, 1.54) is 12.1 Å². The van der Waals surface area contributed by atoms with Gasteiger partial charge < -0.3 is 33.2 Å². The Morgan fingerprint density at radius 3 is 1.28 bits per heavy atom. The van der Waals surface area contributed by atoms with Crippen LogP contribution in [0.1, 0.15) is 80.2 Å². The largest absolute Gasteiger partial charge is 0.457 e. The molecule has 0 radical (unpaired) electrons. The van der Waals surface area contributed by atoms with E-state index in [1.807, 2.05) is 6.92 Å². The van der Waals surface area contributed by atoms with E-state index in [9.17, 15) is 22.8 Å². The van der Waals surface area contributed by atoms with Crippen molar-refractivity contribution in [1.29, 1.82) is 0 Å². The molecule has 1 aromatic rings. The van der Waals surface area contributed by atoms with Gasteiger partial charge in [0.15, 0.2) is 0 Å². The number of aryl methyl sites for hydroxylation is 1. The van der Waals surface area contributed by atoms with E-state index in [-0.39, 0.29) is 44.5 Å². The molecule has 0 N–H and O–H groups in total. The minimum atomic E-state index is -4.07. The third-order valence-electron chi connectivity index (χ3n) is 7.76. The summed E-state index contributed by atoms with van der Waals surface area (Å²) in [6.07, 6.45) is -2.54. The number of benzene rings is 1. The normalized spacial score (nSPS) is 14.9.